The average Bonchev–Trinajstić information content (AvgIpc) is 2.53. The topological polar surface area (TPSA) is 52.2 Å². The molecule has 23 heavy (non-hydrogen) atoms. The van der Waals surface area contributed by atoms with Crippen LogP contribution in [-0.2, 0) is 12.8 Å². The Hall–Kier alpha value is -0.620. The Morgan fingerprint density at radius 1 is 1.00 bits per heavy atom. The first kappa shape index (κ1) is 20.4. The van der Waals surface area contributed by atoms with Crippen LogP contribution in [0.15, 0.2) is 11.0 Å². The summed E-state index contributed by atoms with van der Waals surface area (Å²) in [6.45, 7) is 11.7. The van der Waals surface area contributed by atoms with Gasteiger partial charge < -0.3 is 0 Å². The van der Waals surface area contributed by atoms with E-state index in [9.17, 15) is 4.79 Å². The minimum Gasteiger partial charge on any atom is -0.288 e. The van der Waals surface area contributed by atoms with Crippen LogP contribution in [0, 0.1) is 0 Å². The SMILES string of the molecule is CCN(CC)C(Cl)Cc1cn[nH]c(=O)c1CC(Cl)N(CC)CC. The second kappa shape index (κ2) is 10.3. The smallest absolute Gasteiger partial charge is 0.267 e. The van der Waals surface area contributed by atoms with E-state index in [4.69, 9.17) is 23.2 Å². The zero-order valence-corrected chi connectivity index (χ0v) is 16.0. The molecule has 1 aromatic rings. The first-order valence-electron chi connectivity index (χ1n) is 8.29. The van der Waals surface area contributed by atoms with E-state index in [0.717, 1.165) is 31.7 Å². The standard InChI is InChI=1S/C16H28Cl2N4O/c1-5-21(6-2)14(17)9-12-11-19-20-16(23)13(12)10-15(18)22(7-3)8-4/h11,14-15H,5-10H2,1-4H3,(H,20,23). The van der Waals surface area contributed by atoms with Crippen LogP contribution in [0.5, 0.6) is 0 Å². The van der Waals surface area contributed by atoms with Gasteiger partial charge in [0.15, 0.2) is 0 Å². The molecule has 0 saturated heterocycles. The molecule has 2 atom stereocenters. The highest BCUT2D eigenvalue weighted by molar-refractivity contribution is 6.20. The Morgan fingerprint density at radius 3 is 1.96 bits per heavy atom. The van der Waals surface area contributed by atoms with Crippen LogP contribution in [0.1, 0.15) is 38.8 Å². The van der Waals surface area contributed by atoms with E-state index >= 15 is 0 Å². The van der Waals surface area contributed by atoms with Crippen molar-refractivity contribution in [3.63, 3.8) is 0 Å². The lowest BCUT2D eigenvalue weighted by molar-refractivity contribution is 0.272. The minimum absolute atomic E-state index is 0.158. The van der Waals surface area contributed by atoms with Gasteiger partial charge in [-0.15, -0.1) is 23.2 Å². The summed E-state index contributed by atoms with van der Waals surface area (Å²) in [6.07, 6.45) is 2.76. The zero-order valence-electron chi connectivity index (χ0n) is 14.5. The average molecular weight is 363 g/mol. The summed E-state index contributed by atoms with van der Waals surface area (Å²) in [4.78, 5) is 16.5. The molecule has 1 heterocycles. The van der Waals surface area contributed by atoms with Gasteiger partial charge in [0.05, 0.1) is 17.2 Å². The number of rotatable bonds is 10. The molecule has 1 rings (SSSR count). The Morgan fingerprint density at radius 2 is 1.48 bits per heavy atom. The summed E-state index contributed by atoms with van der Waals surface area (Å²) in [5.74, 6) is 0. The largest absolute Gasteiger partial charge is 0.288 e. The Labute approximate surface area is 149 Å². The molecule has 0 fully saturated rings. The maximum Gasteiger partial charge on any atom is 0.267 e. The maximum atomic E-state index is 12.2. The molecule has 0 aliphatic heterocycles. The fourth-order valence-corrected chi connectivity index (χ4v) is 3.58. The summed E-state index contributed by atoms with van der Waals surface area (Å²) >= 11 is 13.0. The number of nitrogens with one attached hydrogen (secondary N) is 1. The number of H-pyrrole nitrogens is 1. The lowest BCUT2D eigenvalue weighted by atomic mass is 10.0. The number of aromatic amines is 1. The van der Waals surface area contributed by atoms with E-state index in [-0.39, 0.29) is 16.6 Å². The number of nitrogens with zero attached hydrogens (tertiary/aromatic N) is 3. The molecule has 0 aromatic carbocycles. The van der Waals surface area contributed by atoms with Gasteiger partial charge >= 0.3 is 0 Å². The van der Waals surface area contributed by atoms with Crippen LogP contribution >= 0.6 is 23.2 Å². The van der Waals surface area contributed by atoms with Gasteiger partial charge in [-0.2, -0.15) is 5.10 Å². The molecule has 0 amide bonds. The predicted octanol–water partition coefficient (Wildman–Crippen LogP) is 2.67. The molecule has 0 bridgehead atoms. The van der Waals surface area contributed by atoms with Gasteiger partial charge in [0.1, 0.15) is 0 Å². The summed E-state index contributed by atoms with van der Waals surface area (Å²) < 4.78 is 0. The van der Waals surface area contributed by atoms with E-state index < -0.39 is 0 Å². The molecule has 2 unspecified atom stereocenters. The summed E-state index contributed by atoms with van der Waals surface area (Å²) in [5.41, 5.74) is 1.01. The molecule has 1 aromatic heterocycles. The third-order valence-corrected chi connectivity index (χ3v) is 5.09. The van der Waals surface area contributed by atoms with Crippen LogP contribution in [-0.4, -0.2) is 57.2 Å². The van der Waals surface area contributed by atoms with Crippen molar-refractivity contribution in [2.24, 2.45) is 0 Å². The van der Waals surface area contributed by atoms with Crippen LogP contribution in [0.25, 0.3) is 0 Å². The number of likely N-dealkylation sites (N-methyl/N-ethyl adjacent to an activating group) is 2. The van der Waals surface area contributed by atoms with Crippen LogP contribution < -0.4 is 5.56 Å². The Kier molecular flexibility index (Phi) is 9.14. The fourth-order valence-electron chi connectivity index (χ4n) is 2.71. The van der Waals surface area contributed by atoms with E-state index in [1.807, 2.05) is 0 Å². The molecule has 1 N–H and O–H groups in total. The van der Waals surface area contributed by atoms with Crippen molar-refractivity contribution < 1.29 is 0 Å². The zero-order chi connectivity index (χ0) is 17.4. The number of hydrogen-bond donors (Lipinski definition) is 1. The van der Waals surface area contributed by atoms with Crippen molar-refractivity contribution in [1.82, 2.24) is 20.0 Å². The molecule has 132 valence electrons. The first-order chi connectivity index (χ1) is 11.0. The van der Waals surface area contributed by atoms with Gasteiger partial charge in [0.2, 0.25) is 0 Å². The van der Waals surface area contributed by atoms with Crippen molar-refractivity contribution in [2.75, 3.05) is 26.2 Å². The van der Waals surface area contributed by atoms with Gasteiger partial charge in [-0.05, 0) is 31.7 Å². The number of halogens is 2. The highest BCUT2D eigenvalue weighted by atomic mass is 35.5. The van der Waals surface area contributed by atoms with Crippen LogP contribution in [0.4, 0.5) is 0 Å². The molecular weight excluding hydrogens is 335 g/mol. The first-order valence-corrected chi connectivity index (χ1v) is 9.17. The van der Waals surface area contributed by atoms with Crippen LogP contribution in [0.3, 0.4) is 0 Å². The van der Waals surface area contributed by atoms with Crippen molar-refractivity contribution >= 4 is 23.2 Å². The molecule has 0 aliphatic rings. The summed E-state index contributed by atoms with van der Waals surface area (Å²) in [6, 6.07) is 0. The van der Waals surface area contributed by atoms with Gasteiger partial charge in [0.25, 0.3) is 5.56 Å². The third kappa shape index (κ3) is 5.75. The molecule has 0 saturated carbocycles. The molecule has 0 radical (unpaired) electrons. The van der Waals surface area contributed by atoms with Crippen molar-refractivity contribution in [1.29, 1.82) is 0 Å². The van der Waals surface area contributed by atoms with Gasteiger partial charge in [0, 0.05) is 18.4 Å². The second-order valence-corrected chi connectivity index (χ2v) is 6.43. The molecule has 0 aliphatic carbocycles. The van der Waals surface area contributed by atoms with E-state index in [0.29, 0.717) is 18.4 Å². The Bertz CT molecular complexity index is 515. The molecule has 7 heteroatoms. The molecular formula is C16H28Cl2N4O. The molecule has 5 nitrogen and oxygen atoms in total. The third-order valence-electron chi connectivity index (χ3n) is 4.23. The number of aromatic nitrogens is 2. The number of hydrogen-bond acceptors (Lipinski definition) is 4. The lowest BCUT2D eigenvalue weighted by Gasteiger charge is -2.26. The highest BCUT2D eigenvalue weighted by Crippen LogP contribution is 2.17. The monoisotopic (exact) mass is 362 g/mol. The van der Waals surface area contributed by atoms with E-state index in [1.54, 1.807) is 6.20 Å². The van der Waals surface area contributed by atoms with E-state index in [2.05, 4.69) is 47.7 Å². The predicted molar refractivity (Wildman–Crippen MR) is 97.4 cm³/mol. The minimum atomic E-state index is -0.213. The second-order valence-electron chi connectivity index (χ2n) is 5.42. The number of alkyl halides is 2. The quantitative estimate of drug-likeness (QED) is 0.513. The Balaban J connectivity index is 2.98. The van der Waals surface area contributed by atoms with Crippen molar-refractivity contribution in [3.05, 3.63) is 27.7 Å². The fraction of sp³-hybridized carbons (Fsp3) is 0.750. The van der Waals surface area contributed by atoms with Crippen molar-refractivity contribution in [2.45, 2.75) is 51.5 Å². The van der Waals surface area contributed by atoms with Gasteiger partial charge in [-0.1, -0.05) is 27.7 Å². The summed E-state index contributed by atoms with van der Waals surface area (Å²) in [7, 11) is 0. The van der Waals surface area contributed by atoms with Gasteiger partial charge in [-0.25, -0.2) is 5.10 Å². The molecule has 0 spiro atoms. The normalized spacial score (nSPS) is 14.4. The maximum absolute atomic E-state index is 12.2. The van der Waals surface area contributed by atoms with Crippen LogP contribution in [0.2, 0.25) is 0 Å². The highest BCUT2D eigenvalue weighted by Gasteiger charge is 2.20. The lowest BCUT2D eigenvalue weighted by Crippen LogP contribution is -2.36. The van der Waals surface area contributed by atoms with Gasteiger partial charge in [-0.3, -0.25) is 14.6 Å². The van der Waals surface area contributed by atoms with Crippen molar-refractivity contribution in [3.8, 4) is 0 Å². The van der Waals surface area contributed by atoms with E-state index in [1.165, 1.54) is 0 Å². The summed E-state index contributed by atoms with van der Waals surface area (Å²) in [5, 5.41) is 6.44.